The Kier molecular flexibility index (Phi) is 4.43. The third-order valence-corrected chi connectivity index (χ3v) is 2.23. The third-order valence-electron chi connectivity index (χ3n) is 2.23. The van der Waals surface area contributed by atoms with Crippen molar-refractivity contribution in [2.45, 2.75) is 6.54 Å². The number of methoxy groups -OCH3 is 1. The van der Waals surface area contributed by atoms with E-state index in [-0.39, 0.29) is 18.0 Å². The molecule has 0 aliphatic heterocycles. The maximum Gasteiger partial charge on any atom is 0.311 e. The average Bonchev–Trinajstić information content (AvgIpc) is 2.29. The zero-order valence-electron chi connectivity index (χ0n) is 9.71. The van der Waals surface area contributed by atoms with Crippen LogP contribution in [0.5, 0.6) is 5.75 Å². The number of hydrogen-bond donors (Lipinski definition) is 0. The average molecular weight is 235 g/mol. The monoisotopic (exact) mass is 235 g/mol. The molecule has 17 heavy (non-hydrogen) atoms. The van der Waals surface area contributed by atoms with Gasteiger partial charge in [0.2, 0.25) is 0 Å². The molecule has 6 nitrogen and oxygen atoms in total. The Labute approximate surface area is 99.2 Å². The van der Waals surface area contributed by atoms with Gasteiger partial charge in [-0.1, -0.05) is 6.07 Å². The fourth-order valence-corrected chi connectivity index (χ4v) is 1.46. The van der Waals surface area contributed by atoms with Crippen LogP contribution in [0.25, 0.3) is 0 Å². The maximum atomic E-state index is 10.8. The Hall–Kier alpha value is -2.13. The van der Waals surface area contributed by atoms with Crippen molar-refractivity contribution in [3.8, 4) is 11.8 Å². The topological polar surface area (TPSA) is 79.4 Å². The second-order valence-electron chi connectivity index (χ2n) is 3.59. The number of nitro groups is 1. The largest absolute Gasteiger partial charge is 0.490 e. The van der Waals surface area contributed by atoms with Gasteiger partial charge in [0.15, 0.2) is 5.75 Å². The molecule has 0 radical (unpaired) electrons. The number of nitro benzene ring substituents is 1. The van der Waals surface area contributed by atoms with Crippen molar-refractivity contribution in [1.82, 2.24) is 4.90 Å². The molecule has 0 saturated carbocycles. The Balaban J connectivity index is 2.93. The molecular formula is C11H13N3O3. The molecule has 0 bridgehead atoms. The molecule has 0 amide bonds. The highest BCUT2D eigenvalue weighted by molar-refractivity contribution is 5.48. The molecule has 0 unspecified atom stereocenters. The van der Waals surface area contributed by atoms with E-state index in [1.807, 2.05) is 6.07 Å². The van der Waals surface area contributed by atoms with Gasteiger partial charge in [0, 0.05) is 12.6 Å². The summed E-state index contributed by atoms with van der Waals surface area (Å²) in [6, 6.07) is 6.79. The summed E-state index contributed by atoms with van der Waals surface area (Å²) >= 11 is 0. The highest BCUT2D eigenvalue weighted by Gasteiger charge is 2.15. The van der Waals surface area contributed by atoms with Crippen LogP contribution in [0, 0.1) is 21.4 Å². The Morgan fingerprint density at radius 3 is 2.82 bits per heavy atom. The summed E-state index contributed by atoms with van der Waals surface area (Å²) in [7, 11) is 3.17. The highest BCUT2D eigenvalue weighted by atomic mass is 16.6. The van der Waals surface area contributed by atoms with Crippen molar-refractivity contribution in [1.29, 1.82) is 5.26 Å². The van der Waals surface area contributed by atoms with Crippen LogP contribution in [0.1, 0.15) is 5.56 Å². The van der Waals surface area contributed by atoms with Crippen molar-refractivity contribution in [3.63, 3.8) is 0 Å². The van der Waals surface area contributed by atoms with E-state index in [1.165, 1.54) is 13.2 Å². The van der Waals surface area contributed by atoms with Gasteiger partial charge in [0.25, 0.3) is 0 Å². The summed E-state index contributed by atoms with van der Waals surface area (Å²) in [6.45, 7) is 0.762. The van der Waals surface area contributed by atoms with Crippen LogP contribution in [-0.4, -0.2) is 30.5 Å². The van der Waals surface area contributed by atoms with Crippen LogP contribution in [0.2, 0.25) is 0 Å². The summed E-state index contributed by atoms with van der Waals surface area (Å²) in [6.07, 6.45) is 0. The van der Waals surface area contributed by atoms with Crippen LogP contribution >= 0.6 is 0 Å². The molecule has 0 N–H and O–H groups in total. The zero-order valence-corrected chi connectivity index (χ0v) is 9.71. The summed E-state index contributed by atoms with van der Waals surface area (Å²) < 4.78 is 4.91. The highest BCUT2D eigenvalue weighted by Crippen LogP contribution is 2.27. The lowest BCUT2D eigenvalue weighted by Crippen LogP contribution is -2.17. The number of hydrogen-bond acceptors (Lipinski definition) is 5. The van der Waals surface area contributed by atoms with Gasteiger partial charge in [-0.05, 0) is 18.7 Å². The normalized spacial score (nSPS) is 10.0. The van der Waals surface area contributed by atoms with E-state index in [2.05, 4.69) is 0 Å². The van der Waals surface area contributed by atoms with E-state index in [4.69, 9.17) is 10.00 Å². The smallest absolute Gasteiger partial charge is 0.311 e. The second-order valence-corrected chi connectivity index (χ2v) is 3.59. The van der Waals surface area contributed by atoms with E-state index in [0.717, 1.165) is 5.56 Å². The lowest BCUT2D eigenvalue weighted by Gasteiger charge is -2.12. The van der Waals surface area contributed by atoms with E-state index >= 15 is 0 Å². The van der Waals surface area contributed by atoms with E-state index in [1.54, 1.807) is 24.1 Å². The van der Waals surface area contributed by atoms with Crippen molar-refractivity contribution in [3.05, 3.63) is 33.9 Å². The fraction of sp³-hybridized carbons (Fsp3) is 0.364. The van der Waals surface area contributed by atoms with Crippen LogP contribution in [0.15, 0.2) is 18.2 Å². The first-order valence-corrected chi connectivity index (χ1v) is 4.95. The predicted molar refractivity (Wildman–Crippen MR) is 61.6 cm³/mol. The number of ether oxygens (including phenoxy) is 1. The first-order chi connectivity index (χ1) is 8.08. The molecule has 0 aliphatic rings. The summed E-state index contributed by atoms with van der Waals surface area (Å²) in [4.78, 5) is 12.1. The number of benzene rings is 1. The minimum absolute atomic E-state index is 0.0599. The molecule has 0 atom stereocenters. The van der Waals surface area contributed by atoms with Crippen LogP contribution in [-0.2, 0) is 6.54 Å². The van der Waals surface area contributed by atoms with Crippen molar-refractivity contribution in [2.75, 3.05) is 20.7 Å². The van der Waals surface area contributed by atoms with Crippen LogP contribution in [0.3, 0.4) is 0 Å². The Morgan fingerprint density at radius 1 is 1.59 bits per heavy atom. The van der Waals surface area contributed by atoms with Crippen molar-refractivity contribution >= 4 is 5.69 Å². The van der Waals surface area contributed by atoms with Gasteiger partial charge in [0.1, 0.15) is 0 Å². The molecule has 1 aromatic carbocycles. The number of rotatable bonds is 5. The maximum absolute atomic E-state index is 10.8. The molecule has 0 heterocycles. The fourth-order valence-electron chi connectivity index (χ4n) is 1.46. The van der Waals surface area contributed by atoms with Gasteiger partial charge >= 0.3 is 5.69 Å². The second kappa shape index (κ2) is 5.82. The third kappa shape index (κ3) is 3.43. The zero-order chi connectivity index (χ0) is 12.8. The standard InChI is InChI=1S/C11H13N3O3/c1-13(6-5-12)8-9-3-4-11(17-2)10(7-9)14(15)16/h3-4,7H,6,8H2,1-2H3. The molecular weight excluding hydrogens is 222 g/mol. The molecule has 6 heteroatoms. The van der Waals surface area contributed by atoms with Crippen LogP contribution in [0.4, 0.5) is 5.69 Å². The Morgan fingerprint density at radius 2 is 2.29 bits per heavy atom. The van der Waals surface area contributed by atoms with Gasteiger partial charge in [-0.15, -0.1) is 0 Å². The SMILES string of the molecule is COc1ccc(CN(C)CC#N)cc1[N+](=O)[O-]. The number of nitrogens with zero attached hydrogens (tertiary/aromatic N) is 3. The minimum atomic E-state index is -0.480. The lowest BCUT2D eigenvalue weighted by molar-refractivity contribution is -0.385. The van der Waals surface area contributed by atoms with Crippen LogP contribution < -0.4 is 4.74 Å². The summed E-state index contributed by atoms with van der Waals surface area (Å²) in [5.41, 5.74) is 0.714. The summed E-state index contributed by atoms with van der Waals surface area (Å²) in [5, 5.41) is 19.3. The molecule has 0 saturated heterocycles. The quantitative estimate of drug-likeness (QED) is 0.439. The van der Waals surface area contributed by atoms with Gasteiger partial charge < -0.3 is 4.74 Å². The molecule has 1 aromatic rings. The van der Waals surface area contributed by atoms with Gasteiger partial charge in [-0.3, -0.25) is 15.0 Å². The van der Waals surface area contributed by atoms with Gasteiger partial charge in [-0.25, -0.2) is 0 Å². The molecule has 1 rings (SSSR count). The first-order valence-electron chi connectivity index (χ1n) is 4.95. The van der Waals surface area contributed by atoms with Gasteiger partial charge in [-0.2, -0.15) is 5.26 Å². The molecule has 0 spiro atoms. The lowest BCUT2D eigenvalue weighted by atomic mass is 10.2. The Bertz CT molecular complexity index is 454. The van der Waals surface area contributed by atoms with Crippen molar-refractivity contribution in [2.24, 2.45) is 0 Å². The molecule has 90 valence electrons. The minimum Gasteiger partial charge on any atom is -0.490 e. The molecule has 0 aliphatic carbocycles. The van der Waals surface area contributed by atoms with Gasteiger partial charge in [0.05, 0.1) is 24.6 Å². The predicted octanol–water partition coefficient (Wildman–Crippen LogP) is 1.56. The molecule has 0 aromatic heterocycles. The molecule has 0 fully saturated rings. The first kappa shape index (κ1) is 12.9. The summed E-state index contributed by atoms with van der Waals surface area (Å²) in [5.74, 6) is 0.238. The van der Waals surface area contributed by atoms with E-state index in [9.17, 15) is 10.1 Å². The van der Waals surface area contributed by atoms with E-state index < -0.39 is 4.92 Å². The van der Waals surface area contributed by atoms with E-state index in [0.29, 0.717) is 6.54 Å². The van der Waals surface area contributed by atoms with Crippen molar-refractivity contribution < 1.29 is 9.66 Å². The number of nitriles is 1.